The average Bonchev–Trinajstić information content (AvgIpc) is 2.23. The van der Waals surface area contributed by atoms with Crippen molar-refractivity contribution in [1.29, 1.82) is 0 Å². The van der Waals surface area contributed by atoms with Crippen LogP contribution in [0.25, 0.3) is 0 Å². The van der Waals surface area contributed by atoms with E-state index in [1.165, 1.54) is 0 Å². The number of aryl methyl sites for hydroxylation is 1. The van der Waals surface area contributed by atoms with Crippen LogP contribution in [0.4, 0.5) is 5.82 Å². The van der Waals surface area contributed by atoms with Crippen molar-refractivity contribution in [2.24, 2.45) is 0 Å². The first-order chi connectivity index (χ1) is 7.94. The van der Waals surface area contributed by atoms with Gasteiger partial charge in [0.05, 0.1) is 11.4 Å². The lowest BCUT2D eigenvalue weighted by molar-refractivity contribution is 0.199. The zero-order valence-corrected chi connectivity index (χ0v) is 12.1. The molecule has 0 aliphatic carbocycles. The van der Waals surface area contributed by atoms with Gasteiger partial charge in [0.2, 0.25) is 10.0 Å². The van der Waals surface area contributed by atoms with E-state index in [-0.39, 0.29) is 5.75 Å². The van der Waals surface area contributed by atoms with Gasteiger partial charge in [-0.05, 0) is 41.4 Å². The lowest BCUT2D eigenvalue weighted by atomic mass is 10.4. The average molecular weight is 323 g/mol. The van der Waals surface area contributed by atoms with E-state index in [2.05, 4.69) is 25.6 Å². The number of aromatic nitrogens is 1. The van der Waals surface area contributed by atoms with E-state index in [0.29, 0.717) is 18.8 Å². The molecule has 0 saturated heterocycles. The van der Waals surface area contributed by atoms with Gasteiger partial charge in [-0.1, -0.05) is 0 Å². The zero-order valence-electron chi connectivity index (χ0n) is 9.73. The Hall–Kier alpha value is -0.660. The molecule has 0 aliphatic heterocycles. The summed E-state index contributed by atoms with van der Waals surface area (Å²) in [6.07, 6.45) is 0.460. The molecule has 1 aromatic heterocycles. The highest BCUT2D eigenvalue weighted by atomic mass is 79.9. The van der Waals surface area contributed by atoms with Gasteiger partial charge in [0.15, 0.2) is 0 Å². The molecule has 0 aliphatic rings. The van der Waals surface area contributed by atoms with Crippen molar-refractivity contribution in [1.82, 2.24) is 4.98 Å². The van der Waals surface area contributed by atoms with Crippen LogP contribution in [0.1, 0.15) is 12.1 Å². The third-order valence-electron chi connectivity index (χ3n) is 2.04. The van der Waals surface area contributed by atoms with Gasteiger partial charge in [0.25, 0.3) is 0 Å². The number of halogens is 1. The van der Waals surface area contributed by atoms with Gasteiger partial charge in [-0.3, -0.25) is 4.72 Å². The molecular weight excluding hydrogens is 308 g/mol. The van der Waals surface area contributed by atoms with Crippen molar-refractivity contribution in [3.8, 4) is 0 Å². The molecule has 5 nitrogen and oxygen atoms in total. The van der Waals surface area contributed by atoms with Crippen LogP contribution in [-0.4, -0.2) is 32.9 Å². The molecule has 0 radical (unpaired) electrons. The van der Waals surface area contributed by atoms with Gasteiger partial charge in [0.1, 0.15) is 5.82 Å². The third-order valence-corrected chi connectivity index (χ3v) is 4.23. The van der Waals surface area contributed by atoms with Crippen molar-refractivity contribution in [3.05, 3.63) is 22.3 Å². The first-order valence-corrected chi connectivity index (χ1v) is 7.52. The normalized spacial score (nSPS) is 11.5. The largest absolute Gasteiger partial charge is 0.385 e. The Morgan fingerprint density at radius 1 is 1.47 bits per heavy atom. The van der Waals surface area contributed by atoms with E-state index in [1.54, 1.807) is 26.2 Å². The Morgan fingerprint density at radius 2 is 2.18 bits per heavy atom. The van der Waals surface area contributed by atoms with E-state index in [9.17, 15) is 8.42 Å². The van der Waals surface area contributed by atoms with Gasteiger partial charge in [-0.25, -0.2) is 13.4 Å². The summed E-state index contributed by atoms with van der Waals surface area (Å²) in [6, 6.07) is 3.38. The highest BCUT2D eigenvalue weighted by Gasteiger charge is 2.11. The Labute approximate surface area is 110 Å². The first kappa shape index (κ1) is 14.4. The van der Waals surface area contributed by atoms with E-state index >= 15 is 0 Å². The number of methoxy groups -OCH3 is 1. The third kappa shape index (κ3) is 5.01. The minimum atomic E-state index is -3.34. The van der Waals surface area contributed by atoms with Crippen LogP contribution in [0.2, 0.25) is 0 Å². The van der Waals surface area contributed by atoms with Crippen LogP contribution in [-0.2, 0) is 14.8 Å². The Kier molecular flexibility index (Phi) is 5.35. The highest BCUT2D eigenvalue weighted by Crippen LogP contribution is 2.16. The molecule has 0 bridgehead atoms. The van der Waals surface area contributed by atoms with Crippen molar-refractivity contribution in [2.45, 2.75) is 13.3 Å². The molecule has 0 atom stereocenters. The topological polar surface area (TPSA) is 68.3 Å². The van der Waals surface area contributed by atoms with Crippen LogP contribution >= 0.6 is 15.9 Å². The molecule has 0 spiro atoms. The summed E-state index contributed by atoms with van der Waals surface area (Å²) in [5, 5.41) is 0. The summed E-state index contributed by atoms with van der Waals surface area (Å²) in [5.74, 6) is 0.362. The van der Waals surface area contributed by atoms with Crippen LogP contribution in [0, 0.1) is 6.92 Å². The van der Waals surface area contributed by atoms with Gasteiger partial charge in [0, 0.05) is 18.2 Å². The second-order valence-corrected chi connectivity index (χ2v) is 6.23. The fourth-order valence-corrected chi connectivity index (χ4v) is 2.46. The van der Waals surface area contributed by atoms with Gasteiger partial charge >= 0.3 is 0 Å². The maximum Gasteiger partial charge on any atom is 0.233 e. The van der Waals surface area contributed by atoms with Gasteiger partial charge < -0.3 is 4.74 Å². The first-order valence-electron chi connectivity index (χ1n) is 5.07. The number of anilines is 1. The molecule has 1 aromatic rings. The SMILES string of the molecule is COCCCS(=O)(=O)Nc1ccc(Br)c(C)n1. The Balaban J connectivity index is 2.66. The van der Waals surface area contributed by atoms with Crippen LogP contribution in [0.5, 0.6) is 0 Å². The smallest absolute Gasteiger partial charge is 0.233 e. The monoisotopic (exact) mass is 322 g/mol. The molecule has 1 heterocycles. The molecule has 96 valence electrons. The van der Waals surface area contributed by atoms with E-state index in [1.807, 2.05) is 0 Å². The highest BCUT2D eigenvalue weighted by molar-refractivity contribution is 9.10. The molecule has 7 heteroatoms. The predicted molar refractivity (Wildman–Crippen MR) is 70.6 cm³/mol. The van der Waals surface area contributed by atoms with Crippen LogP contribution < -0.4 is 4.72 Å². The molecule has 0 fully saturated rings. The van der Waals surface area contributed by atoms with E-state index in [0.717, 1.165) is 10.2 Å². The van der Waals surface area contributed by atoms with Crippen molar-refractivity contribution in [2.75, 3.05) is 24.2 Å². The minimum Gasteiger partial charge on any atom is -0.385 e. The predicted octanol–water partition coefficient (Wildman–Crippen LogP) is 1.93. The molecule has 1 rings (SSSR count). The van der Waals surface area contributed by atoms with Crippen molar-refractivity contribution < 1.29 is 13.2 Å². The van der Waals surface area contributed by atoms with Crippen LogP contribution in [0.15, 0.2) is 16.6 Å². The molecule has 17 heavy (non-hydrogen) atoms. The summed E-state index contributed by atoms with van der Waals surface area (Å²) in [7, 11) is -1.80. The van der Waals surface area contributed by atoms with Crippen molar-refractivity contribution >= 4 is 31.8 Å². The fourth-order valence-electron chi connectivity index (χ4n) is 1.20. The molecule has 0 aromatic carbocycles. The minimum absolute atomic E-state index is 0.0254. The maximum absolute atomic E-state index is 11.7. The molecular formula is C10H15BrN2O3S. The summed E-state index contributed by atoms with van der Waals surface area (Å²) in [4.78, 5) is 4.12. The zero-order chi connectivity index (χ0) is 12.9. The van der Waals surface area contributed by atoms with Crippen LogP contribution in [0.3, 0.4) is 0 Å². The number of rotatable bonds is 6. The van der Waals surface area contributed by atoms with Gasteiger partial charge in [-0.15, -0.1) is 0 Å². The Morgan fingerprint density at radius 3 is 2.76 bits per heavy atom. The summed E-state index contributed by atoms with van der Waals surface area (Å²) < 4.78 is 31.4. The lowest BCUT2D eigenvalue weighted by Gasteiger charge is -2.08. The van der Waals surface area contributed by atoms with E-state index < -0.39 is 10.0 Å². The Bertz CT molecular complexity index is 476. The summed E-state index contributed by atoms with van der Waals surface area (Å²) in [6.45, 7) is 2.22. The number of hydrogen-bond acceptors (Lipinski definition) is 4. The molecule has 1 N–H and O–H groups in total. The second kappa shape index (κ2) is 6.32. The summed E-state index contributed by atoms with van der Waals surface area (Å²) in [5.41, 5.74) is 0.738. The van der Waals surface area contributed by atoms with E-state index in [4.69, 9.17) is 4.74 Å². The maximum atomic E-state index is 11.7. The summed E-state index contributed by atoms with van der Waals surface area (Å²) >= 11 is 3.30. The standard InChI is InChI=1S/C10H15BrN2O3S/c1-8-9(11)4-5-10(12-8)13-17(14,15)7-3-6-16-2/h4-5H,3,6-7H2,1-2H3,(H,12,13). The lowest BCUT2D eigenvalue weighted by Crippen LogP contribution is -2.18. The molecule has 0 saturated carbocycles. The molecule has 0 unspecified atom stereocenters. The molecule has 0 amide bonds. The number of sulfonamides is 1. The number of nitrogens with one attached hydrogen (secondary N) is 1. The second-order valence-electron chi connectivity index (χ2n) is 3.53. The quantitative estimate of drug-likeness (QED) is 0.812. The van der Waals surface area contributed by atoms with Crippen molar-refractivity contribution in [3.63, 3.8) is 0 Å². The number of hydrogen-bond donors (Lipinski definition) is 1. The fraction of sp³-hybridized carbons (Fsp3) is 0.500. The number of nitrogens with zero attached hydrogens (tertiary/aromatic N) is 1. The van der Waals surface area contributed by atoms with Gasteiger partial charge in [-0.2, -0.15) is 0 Å². The number of pyridine rings is 1. The number of ether oxygens (including phenoxy) is 1.